The summed E-state index contributed by atoms with van der Waals surface area (Å²) in [5, 5.41) is 2.30. The van der Waals surface area contributed by atoms with E-state index in [4.69, 9.17) is 14.3 Å². The summed E-state index contributed by atoms with van der Waals surface area (Å²) in [6.07, 6.45) is -0.212. The summed E-state index contributed by atoms with van der Waals surface area (Å²) in [4.78, 5) is 5.12. The lowest BCUT2D eigenvalue weighted by Crippen LogP contribution is -2.16. The van der Waals surface area contributed by atoms with E-state index in [0.29, 0.717) is 5.90 Å². The van der Waals surface area contributed by atoms with Gasteiger partial charge in [0.25, 0.3) is 0 Å². The van der Waals surface area contributed by atoms with E-state index in [-0.39, 0.29) is 12.1 Å². The van der Waals surface area contributed by atoms with Crippen LogP contribution in [0.15, 0.2) is 151 Å². The second-order valence-electron chi connectivity index (χ2n) is 8.79. The molecule has 0 spiro atoms. The van der Waals surface area contributed by atoms with Crippen molar-refractivity contribution >= 4 is 24.7 Å². The molecule has 0 unspecified atom stereocenters. The van der Waals surface area contributed by atoms with Gasteiger partial charge < -0.3 is 9.26 Å². The van der Waals surface area contributed by atoms with Gasteiger partial charge in [0.2, 0.25) is 5.90 Å². The third kappa shape index (κ3) is 5.05. The number of benzene rings is 5. The van der Waals surface area contributed by atoms with Crippen molar-refractivity contribution in [3.05, 3.63) is 162 Å². The molecule has 0 aliphatic carbocycles. The van der Waals surface area contributed by atoms with E-state index in [1.807, 2.05) is 60.7 Å². The van der Waals surface area contributed by atoms with Crippen molar-refractivity contribution < 1.29 is 9.26 Å². The average Bonchev–Trinajstić information content (AvgIpc) is 3.43. The first-order chi connectivity index (χ1) is 18.4. The molecule has 5 aromatic carbocycles. The smallest absolute Gasteiger partial charge is 0.221 e. The molecule has 0 aromatic heterocycles. The molecule has 6 rings (SSSR count). The van der Waals surface area contributed by atoms with Crippen LogP contribution in [-0.4, -0.2) is 5.90 Å². The minimum atomic E-state index is -1.08. The number of para-hydroxylation sites is 1. The second-order valence-corrected chi connectivity index (χ2v) is 10.6. The highest BCUT2D eigenvalue weighted by atomic mass is 31.1. The Labute approximate surface area is 218 Å². The Morgan fingerprint density at radius 3 is 1.62 bits per heavy atom. The maximum atomic E-state index is 6.82. The summed E-state index contributed by atoms with van der Waals surface area (Å²) >= 11 is 0. The molecular formula is C33H26NO2P. The van der Waals surface area contributed by atoms with Crippen LogP contribution in [0, 0.1) is 0 Å². The largest absolute Gasteiger partial charge is 0.466 e. The molecule has 2 atom stereocenters. The fourth-order valence-electron chi connectivity index (χ4n) is 4.54. The molecule has 4 heteroatoms. The van der Waals surface area contributed by atoms with Crippen LogP contribution >= 0.6 is 8.15 Å². The van der Waals surface area contributed by atoms with Gasteiger partial charge in [0, 0.05) is 10.6 Å². The van der Waals surface area contributed by atoms with Crippen LogP contribution in [0.4, 0.5) is 0 Å². The monoisotopic (exact) mass is 499 g/mol. The van der Waals surface area contributed by atoms with Gasteiger partial charge in [-0.25, -0.2) is 4.99 Å². The van der Waals surface area contributed by atoms with E-state index in [1.165, 1.54) is 0 Å². The van der Waals surface area contributed by atoms with Gasteiger partial charge in [0.15, 0.2) is 14.3 Å². The van der Waals surface area contributed by atoms with Crippen LogP contribution in [0.1, 0.15) is 28.8 Å². The quantitative estimate of drug-likeness (QED) is 0.219. The van der Waals surface area contributed by atoms with E-state index in [2.05, 4.69) is 84.9 Å². The van der Waals surface area contributed by atoms with Gasteiger partial charge in [-0.05, 0) is 23.3 Å². The highest BCUT2D eigenvalue weighted by Gasteiger charge is 2.35. The Hall–Kier alpha value is -4.20. The lowest BCUT2D eigenvalue weighted by Gasteiger charge is -2.21. The zero-order chi connectivity index (χ0) is 24.9. The van der Waals surface area contributed by atoms with Crippen molar-refractivity contribution in [2.45, 2.75) is 12.1 Å². The van der Waals surface area contributed by atoms with Gasteiger partial charge in [-0.2, -0.15) is 0 Å². The zero-order valence-electron chi connectivity index (χ0n) is 20.2. The zero-order valence-corrected chi connectivity index (χ0v) is 21.1. The lowest BCUT2D eigenvalue weighted by molar-refractivity contribution is 0.197. The van der Waals surface area contributed by atoms with E-state index in [1.54, 1.807) is 0 Å². The molecule has 0 saturated heterocycles. The molecule has 0 bridgehead atoms. The number of ether oxygens (including phenoxy) is 1. The molecule has 1 heterocycles. The molecule has 0 fully saturated rings. The maximum Gasteiger partial charge on any atom is 0.221 e. The van der Waals surface area contributed by atoms with Crippen LogP contribution < -0.4 is 15.1 Å². The number of nitrogens with zero attached hydrogens (tertiary/aromatic N) is 1. The van der Waals surface area contributed by atoms with E-state index < -0.39 is 8.15 Å². The number of hydrogen-bond acceptors (Lipinski definition) is 3. The fraction of sp³-hybridized carbons (Fsp3) is 0.0606. The van der Waals surface area contributed by atoms with Crippen LogP contribution in [0.5, 0.6) is 5.75 Å². The van der Waals surface area contributed by atoms with Gasteiger partial charge in [-0.1, -0.05) is 133 Å². The highest BCUT2D eigenvalue weighted by Crippen LogP contribution is 2.44. The normalized spacial score (nSPS) is 16.7. The average molecular weight is 500 g/mol. The van der Waals surface area contributed by atoms with E-state index in [9.17, 15) is 0 Å². The SMILES string of the molecule is c1ccc([C@H]2OC(c3ccccc3OP(c3ccccc3)c3ccccc3)=N[C@H]2c2ccccc2)cc1. The standard InChI is InChI=1S/C33H26NO2P/c1-5-15-25(16-6-1)31-32(26-17-7-2-8-18-26)35-33(34-31)29-23-13-14-24-30(29)36-37(27-19-9-3-10-20-27)28-21-11-4-12-22-28/h1-24,31-32H/t31-,32+/m0/s1. The van der Waals surface area contributed by atoms with E-state index in [0.717, 1.165) is 33.0 Å². The molecule has 1 aliphatic rings. The van der Waals surface area contributed by atoms with Crippen LogP contribution in [-0.2, 0) is 4.74 Å². The van der Waals surface area contributed by atoms with Gasteiger partial charge >= 0.3 is 0 Å². The summed E-state index contributed by atoms with van der Waals surface area (Å²) in [5.74, 6) is 1.37. The molecule has 3 nitrogen and oxygen atoms in total. The predicted octanol–water partition coefficient (Wildman–Crippen LogP) is 7.37. The highest BCUT2D eigenvalue weighted by molar-refractivity contribution is 7.68. The molecular weight excluding hydrogens is 473 g/mol. The molecule has 0 radical (unpaired) electrons. The van der Waals surface area contributed by atoms with Gasteiger partial charge in [-0.3, -0.25) is 0 Å². The molecule has 5 aromatic rings. The summed E-state index contributed by atoms with van der Waals surface area (Å²) in [5.41, 5.74) is 3.09. The Balaban J connectivity index is 1.39. The second kappa shape index (κ2) is 10.8. The van der Waals surface area contributed by atoms with Crippen molar-refractivity contribution in [2.24, 2.45) is 4.99 Å². The number of hydrogen-bond donors (Lipinski definition) is 0. The van der Waals surface area contributed by atoms with Crippen molar-refractivity contribution in [3.63, 3.8) is 0 Å². The molecule has 180 valence electrons. The van der Waals surface area contributed by atoms with Crippen molar-refractivity contribution in [1.82, 2.24) is 0 Å². The molecule has 0 amide bonds. The first-order valence-electron chi connectivity index (χ1n) is 12.4. The Morgan fingerprint density at radius 2 is 1.03 bits per heavy atom. The van der Waals surface area contributed by atoms with Gasteiger partial charge in [-0.15, -0.1) is 0 Å². The molecule has 37 heavy (non-hydrogen) atoms. The lowest BCUT2D eigenvalue weighted by atomic mass is 9.97. The minimum absolute atomic E-state index is 0.142. The maximum absolute atomic E-state index is 6.82. The van der Waals surface area contributed by atoms with Crippen molar-refractivity contribution in [1.29, 1.82) is 0 Å². The third-order valence-electron chi connectivity index (χ3n) is 6.34. The first kappa shape index (κ1) is 23.2. The van der Waals surface area contributed by atoms with Crippen molar-refractivity contribution in [2.75, 3.05) is 0 Å². The summed E-state index contributed by atoms with van der Waals surface area (Å²) in [6, 6.07) is 49.4. The Kier molecular flexibility index (Phi) is 6.79. The van der Waals surface area contributed by atoms with E-state index >= 15 is 0 Å². The third-order valence-corrected chi connectivity index (χ3v) is 8.25. The fourth-order valence-corrected chi connectivity index (χ4v) is 6.29. The summed E-state index contributed by atoms with van der Waals surface area (Å²) < 4.78 is 13.4. The topological polar surface area (TPSA) is 30.8 Å². The Bertz CT molecular complexity index is 1440. The van der Waals surface area contributed by atoms with Gasteiger partial charge in [0.05, 0.1) is 5.56 Å². The summed E-state index contributed by atoms with van der Waals surface area (Å²) in [7, 11) is -1.08. The van der Waals surface area contributed by atoms with Crippen LogP contribution in [0.25, 0.3) is 0 Å². The Morgan fingerprint density at radius 1 is 0.541 bits per heavy atom. The first-order valence-corrected chi connectivity index (χ1v) is 13.6. The molecule has 1 aliphatic heterocycles. The van der Waals surface area contributed by atoms with Crippen LogP contribution in [0.3, 0.4) is 0 Å². The molecule has 0 saturated carbocycles. The molecule has 0 N–H and O–H groups in total. The summed E-state index contributed by atoms with van der Waals surface area (Å²) in [6.45, 7) is 0. The number of aliphatic imine (C=N–C) groups is 1. The van der Waals surface area contributed by atoms with Gasteiger partial charge in [0.1, 0.15) is 11.8 Å². The van der Waals surface area contributed by atoms with Crippen LogP contribution in [0.2, 0.25) is 0 Å². The number of rotatable bonds is 7. The van der Waals surface area contributed by atoms with Crippen molar-refractivity contribution in [3.8, 4) is 5.75 Å². The minimum Gasteiger partial charge on any atom is -0.466 e. The predicted molar refractivity (Wildman–Crippen MR) is 152 cm³/mol.